The molecule has 3 rings (SSSR count). The second-order valence-corrected chi connectivity index (χ2v) is 4.57. The van der Waals surface area contributed by atoms with Crippen LogP contribution < -0.4 is 10.1 Å². The third-order valence-corrected chi connectivity index (χ3v) is 3.53. The van der Waals surface area contributed by atoms with Gasteiger partial charge in [-0.3, -0.25) is 4.90 Å². The van der Waals surface area contributed by atoms with Gasteiger partial charge in [0, 0.05) is 31.2 Å². The summed E-state index contributed by atoms with van der Waals surface area (Å²) in [6.07, 6.45) is 1.27. The van der Waals surface area contributed by atoms with Gasteiger partial charge in [-0.1, -0.05) is 18.2 Å². The summed E-state index contributed by atoms with van der Waals surface area (Å²) in [4.78, 5) is 2.55. The Balaban J connectivity index is 1.79. The van der Waals surface area contributed by atoms with E-state index in [4.69, 9.17) is 4.74 Å². The van der Waals surface area contributed by atoms with Gasteiger partial charge in [-0.25, -0.2) is 0 Å². The molecule has 1 aromatic carbocycles. The zero-order chi connectivity index (χ0) is 10.8. The summed E-state index contributed by atoms with van der Waals surface area (Å²) >= 11 is 0. The number of hydrogen-bond donors (Lipinski definition) is 1. The van der Waals surface area contributed by atoms with Gasteiger partial charge in [0.25, 0.3) is 0 Å². The Hall–Kier alpha value is -1.06. The first-order valence-electron chi connectivity index (χ1n) is 6.09. The van der Waals surface area contributed by atoms with E-state index in [0.29, 0.717) is 6.04 Å². The number of nitrogens with one attached hydrogen (secondary N) is 1. The molecule has 3 nitrogen and oxygen atoms in total. The van der Waals surface area contributed by atoms with E-state index in [1.54, 1.807) is 0 Å². The third kappa shape index (κ3) is 1.93. The van der Waals surface area contributed by atoms with Crippen molar-refractivity contribution in [2.45, 2.75) is 19.0 Å². The van der Waals surface area contributed by atoms with Gasteiger partial charge >= 0.3 is 0 Å². The van der Waals surface area contributed by atoms with E-state index in [1.807, 2.05) is 6.07 Å². The lowest BCUT2D eigenvalue weighted by Crippen LogP contribution is -2.37. The first-order valence-corrected chi connectivity index (χ1v) is 6.09. The molecule has 0 saturated carbocycles. The predicted molar refractivity (Wildman–Crippen MR) is 63.6 cm³/mol. The van der Waals surface area contributed by atoms with Crippen LogP contribution in [0.5, 0.6) is 5.75 Å². The minimum atomic E-state index is 0.690. The Morgan fingerprint density at radius 3 is 3.12 bits per heavy atom. The van der Waals surface area contributed by atoms with E-state index in [2.05, 4.69) is 28.4 Å². The van der Waals surface area contributed by atoms with Crippen LogP contribution in [0.2, 0.25) is 0 Å². The summed E-state index contributed by atoms with van der Waals surface area (Å²) in [5.41, 5.74) is 1.33. The molecular formula is C13H18N2O. The molecule has 2 heterocycles. The Morgan fingerprint density at radius 1 is 1.31 bits per heavy atom. The number of para-hydroxylation sites is 1. The molecule has 0 aliphatic carbocycles. The van der Waals surface area contributed by atoms with Gasteiger partial charge in [0.15, 0.2) is 0 Å². The molecular weight excluding hydrogens is 200 g/mol. The Kier molecular flexibility index (Phi) is 2.80. The molecule has 0 amide bonds. The van der Waals surface area contributed by atoms with Gasteiger partial charge in [0.2, 0.25) is 0 Å². The maximum Gasteiger partial charge on any atom is 0.123 e. The summed E-state index contributed by atoms with van der Waals surface area (Å²) in [5, 5.41) is 3.43. The lowest BCUT2D eigenvalue weighted by molar-refractivity contribution is 0.178. The van der Waals surface area contributed by atoms with Gasteiger partial charge in [-0.15, -0.1) is 0 Å². The molecule has 1 aromatic rings. The number of hydrogen-bond acceptors (Lipinski definition) is 3. The second kappa shape index (κ2) is 4.44. The molecule has 0 bridgehead atoms. The largest absolute Gasteiger partial charge is 0.492 e. The zero-order valence-electron chi connectivity index (χ0n) is 9.48. The quantitative estimate of drug-likeness (QED) is 0.767. The molecule has 3 heteroatoms. The Bertz CT molecular complexity index is 361. The summed E-state index contributed by atoms with van der Waals surface area (Å²) in [5.74, 6) is 1.07. The fraction of sp³-hybridized carbons (Fsp3) is 0.538. The minimum Gasteiger partial charge on any atom is -0.492 e. The first-order chi connectivity index (χ1) is 7.93. The zero-order valence-corrected chi connectivity index (χ0v) is 9.48. The van der Waals surface area contributed by atoms with Gasteiger partial charge in [0.1, 0.15) is 12.4 Å². The fourth-order valence-electron chi connectivity index (χ4n) is 2.61. The van der Waals surface area contributed by atoms with Gasteiger partial charge in [-0.2, -0.15) is 0 Å². The molecule has 0 aromatic heterocycles. The van der Waals surface area contributed by atoms with E-state index in [-0.39, 0.29) is 0 Å². The first kappa shape index (κ1) is 10.1. The Morgan fingerprint density at radius 2 is 2.25 bits per heavy atom. The van der Waals surface area contributed by atoms with Crippen LogP contribution >= 0.6 is 0 Å². The van der Waals surface area contributed by atoms with Crippen LogP contribution in [0.1, 0.15) is 12.0 Å². The monoisotopic (exact) mass is 218 g/mol. The molecule has 86 valence electrons. The average molecular weight is 218 g/mol. The number of fused-ring (bicyclic) bond motifs is 1. The molecule has 1 atom stereocenters. The normalized spacial score (nSPS) is 25.9. The summed E-state index contributed by atoms with van der Waals surface area (Å²) in [7, 11) is 0. The van der Waals surface area contributed by atoms with E-state index < -0.39 is 0 Å². The van der Waals surface area contributed by atoms with E-state index in [0.717, 1.165) is 38.5 Å². The molecule has 0 radical (unpaired) electrons. The molecule has 1 N–H and O–H groups in total. The second-order valence-electron chi connectivity index (χ2n) is 4.57. The van der Waals surface area contributed by atoms with Crippen molar-refractivity contribution in [3.8, 4) is 5.75 Å². The van der Waals surface area contributed by atoms with Crippen molar-refractivity contribution in [2.75, 3.05) is 26.2 Å². The summed E-state index contributed by atoms with van der Waals surface area (Å²) in [6.45, 7) is 5.17. The van der Waals surface area contributed by atoms with Crippen LogP contribution in [0.3, 0.4) is 0 Å². The van der Waals surface area contributed by atoms with Gasteiger partial charge < -0.3 is 10.1 Å². The SMILES string of the molecule is c1ccc2c(c1)CN(C1CCNC1)CCO2. The van der Waals surface area contributed by atoms with Gasteiger partial charge in [0.05, 0.1) is 0 Å². The predicted octanol–water partition coefficient (Wildman–Crippen LogP) is 1.24. The molecule has 16 heavy (non-hydrogen) atoms. The van der Waals surface area contributed by atoms with Crippen LogP contribution in [-0.2, 0) is 6.54 Å². The van der Waals surface area contributed by atoms with Crippen molar-refractivity contribution in [1.82, 2.24) is 10.2 Å². The van der Waals surface area contributed by atoms with Crippen molar-refractivity contribution in [1.29, 1.82) is 0 Å². The third-order valence-electron chi connectivity index (χ3n) is 3.53. The van der Waals surface area contributed by atoms with Crippen molar-refractivity contribution >= 4 is 0 Å². The maximum absolute atomic E-state index is 5.78. The van der Waals surface area contributed by atoms with E-state index in [9.17, 15) is 0 Å². The van der Waals surface area contributed by atoms with E-state index >= 15 is 0 Å². The number of benzene rings is 1. The number of ether oxygens (including phenoxy) is 1. The molecule has 0 spiro atoms. The minimum absolute atomic E-state index is 0.690. The van der Waals surface area contributed by atoms with E-state index in [1.165, 1.54) is 12.0 Å². The highest BCUT2D eigenvalue weighted by Gasteiger charge is 2.24. The molecule has 1 saturated heterocycles. The molecule has 2 aliphatic heterocycles. The highest BCUT2D eigenvalue weighted by atomic mass is 16.5. The van der Waals surface area contributed by atoms with Gasteiger partial charge in [-0.05, 0) is 19.0 Å². The molecule has 1 unspecified atom stereocenters. The van der Waals surface area contributed by atoms with Crippen molar-refractivity contribution < 1.29 is 4.74 Å². The number of rotatable bonds is 1. The van der Waals surface area contributed by atoms with Crippen LogP contribution in [-0.4, -0.2) is 37.2 Å². The highest BCUT2D eigenvalue weighted by Crippen LogP contribution is 2.24. The maximum atomic E-state index is 5.78. The van der Waals surface area contributed by atoms with Crippen LogP contribution in [0, 0.1) is 0 Å². The van der Waals surface area contributed by atoms with Crippen molar-refractivity contribution in [3.05, 3.63) is 29.8 Å². The van der Waals surface area contributed by atoms with Crippen LogP contribution in [0.25, 0.3) is 0 Å². The fourth-order valence-corrected chi connectivity index (χ4v) is 2.61. The highest BCUT2D eigenvalue weighted by molar-refractivity contribution is 5.33. The van der Waals surface area contributed by atoms with Crippen molar-refractivity contribution in [2.24, 2.45) is 0 Å². The topological polar surface area (TPSA) is 24.5 Å². The Labute approximate surface area is 96.4 Å². The van der Waals surface area contributed by atoms with Crippen LogP contribution in [0.15, 0.2) is 24.3 Å². The van der Waals surface area contributed by atoms with Crippen molar-refractivity contribution in [3.63, 3.8) is 0 Å². The lowest BCUT2D eigenvalue weighted by atomic mass is 10.1. The smallest absolute Gasteiger partial charge is 0.123 e. The average Bonchev–Trinajstić information content (AvgIpc) is 2.75. The number of nitrogens with zero attached hydrogens (tertiary/aromatic N) is 1. The molecule has 1 fully saturated rings. The molecule has 2 aliphatic rings. The standard InChI is InChI=1S/C13H18N2O/c1-2-4-13-11(3-1)10-15(7-8-16-13)12-5-6-14-9-12/h1-4,12,14H,5-10H2. The van der Waals surface area contributed by atoms with Crippen LogP contribution in [0.4, 0.5) is 0 Å². The summed E-state index contributed by atoms with van der Waals surface area (Å²) in [6, 6.07) is 9.08. The lowest BCUT2D eigenvalue weighted by Gasteiger charge is -2.25. The summed E-state index contributed by atoms with van der Waals surface area (Å²) < 4.78 is 5.78.